The molecule has 2 N–H and O–H groups in total. The third kappa shape index (κ3) is 5.75. The fourth-order valence-corrected chi connectivity index (χ4v) is 3.65. The van der Waals surface area contributed by atoms with Crippen LogP contribution < -0.4 is 15.4 Å². The molecule has 1 aliphatic carbocycles. The molecule has 2 aliphatic rings. The number of likely N-dealkylation sites (tertiary alicyclic amines) is 1. The van der Waals surface area contributed by atoms with Crippen LogP contribution in [0.15, 0.2) is 54.6 Å². The Labute approximate surface area is 177 Å². The lowest BCUT2D eigenvalue weighted by molar-refractivity contribution is -0.126. The largest absolute Gasteiger partial charge is 0.489 e. The predicted octanol–water partition coefficient (Wildman–Crippen LogP) is 3.47. The van der Waals surface area contributed by atoms with Crippen LogP contribution in [0.1, 0.15) is 36.8 Å². The monoisotopic (exact) mass is 407 g/mol. The second-order valence-electron chi connectivity index (χ2n) is 8.14. The lowest BCUT2D eigenvalue weighted by Crippen LogP contribution is -2.49. The molecule has 158 valence electrons. The summed E-state index contributed by atoms with van der Waals surface area (Å²) in [5.74, 6) is 0.680. The van der Waals surface area contributed by atoms with Crippen molar-refractivity contribution in [1.29, 1.82) is 0 Å². The first-order valence-electron chi connectivity index (χ1n) is 10.8. The SMILES string of the molecule is O=C(NCc1ccc(OCc2ccccc2)cc1)C1CCCN(C(=O)NC2CC2)C1. The minimum Gasteiger partial charge on any atom is -0.489 e. The van der Waals surface area contributed by atoms with Crippen LogP contribution in [0.5, 0.6) is 5.75 Å². The molecule has 1 atom stereocenters. The van der Waals surface area contributed by atoms with Crippen molar-refractivity contribution in [2.24, 2.45) is 5.92 Å². The zero-order valence-electron chi connectivity index (χ0n) is 17.2. The average Bonchev–Trinajstić information content (AvgIpc) is 3.61. The molecule has 1 saturated carbocycles. The summed E-state index contributed by atoms with van der Waals surface area (Å²) in [6.07, 6.45) is 3.83. The lowest BCUT2D eigenvalue weighted by Gasteiger charge is -2.32. The van der Waals surface area contributed by atoms with Crippen LogP contribution in [0.25, 0.3) is 0 Å². The summed E-state index contributed by atoms with van der Waals surface area (Å²) in [6, 6.07) is 18.1. The molecule has 0 aromatic heterocycles. The van der Waals surface area contributed by atoms with Crippen LogP contribution in [-0.4, -0.2) is 36.0 Å². The fourth-order valence-electron chi connectivity index (χ4n) is 3.65. The van der Waals surface area contributed by atoms with E-state index in [0.717, 1.165) is 49.1 Å². The topological polar surface area (TPSA) is 70.7 Å². The minimum absolute atomic E-state index is 0.0170. The zero-order chi connectivity index (χ0) is 20.8. The number of hydrogen-bond acceptors (Lipinski definition) is 3. The van der Waals surface area contributed by atoms with Gasteiger partial charge in [-0.15, -0.1) is 0 Å². The van der Waals surface area contributed by atoms with Gasteiger partial charge in [-0.2, -0.15) is 0 Å². The number of rotatable bonds is 7. The molecule has 2 aromatic carbocycles. The number of benzene rings is 2. The van der Waals surface area contributed by atoms with Crippen molar-refractivity contribution in [3.8, 4) is 5.75 Å². The highest BCUT2D eigenvalue weighted by Crippen LogP contribution is 2.21. The normalized spacial score (nSPS) is 18.5. The molecular formula is C24H29N3O3. The van der Waals surface area contributed by atoms with Crippen LogP contribution >= 0.6 is 0 Å². The Morgan fingerprint density at radius 2 is 1.73 bits per heavy atom. The predicted molar refractivity (Wildman–Crippen MR) is 115 cm³/mol. The number of hydrogen-bond donors (Lipinski definition) is 2. The summed E-state index contributed by atoms with van der Waals surface area (Å²) in [7, 11) is 0. The van der Waals surface area contributed by atoms with E-state index in [4.69, 9.17) is 4.74 Å². The summed E-state index contributed by atoms with van der Waals surface area (Å²) in [5, 5.41) is 6.03. The van der Waals surface area contributed by atoms with Gasteiger partial charge in [0, 0.05) is 25.7 Å². The van der Waals surface area contributed by atoms with Gasteiger partial charge in [-0.3, -0.25) is 4.79 Å². The Morgan fingerprint density at radius 1 is 0.967 bits per heavy atom. The van der Waals surface area contributed by atoms with Gasteiger partial charge in [0.05, 0.1) is 5.92 Å². The van der Waals surface area contributed by atoms with E-state index >= 15 is 0 Å². The highest BCUT2D eigenvalue weighted by Gasteiger charge is 2.31. The number of urea groups is 1. The van der Waals surface area contributed by atoms with Gasteiger partial charge in [0.1, 0.15) is 12.4 Å². The third-order valence-corrected chi connectivity index (χ3v) is 5.62. The van der Waals surface area contributed by atoms with E-state index in [9.17, 15) is 9.59 Å². The zero-order valence-corrected chi connectivity index (χ0v) is 17.2. The smallest absolute Gasteiger partial charge is 0.317 e. The van der Waals surface area contributed by atoms with Gasteiger partial charge in [-0.25, -0.2) is 4.79 Å². The number of nitrogens with zero attached hydrogens (tertiary/aromatic N) is 1. The molecule has 1 aliphatic heterocycles. The summed E-state index contributed by atoms with van der Waals surface area (Å²) < 4.78 is 5.80. The van der Waals surface area contributed by atoms with E-state index in [1.807, 2.05) is 54.6 Å². The quantitative estimate of drug-likeness (QED) is 0.738. The summed E-state index contributed by atoms with van der Waals surface area (Å²) in [6.45, 7) is 2.23. The number of piperidine rings is 1. The molecule has 6 nitrogen and oxygen atoms in total. The fraction of sp³-hybridized carbons (Fsp3) is 0.417. The van der Waals surface area contributed by atoms with Gasteiger partial charge in [-0.1, -0.05) is 42.5 Å². The Balaban J connectivity index is 1.21. The molecule has 30 heavy (non-hydrogen) atoms. The minimum atomic E-state index is -0.141. The first-order valence-corrected chi connectivity index (χ1v) is 10.8. The molecule has 4 rings (SSSR count). The lowest BCUT2D eigenvalue weighted by atomic mass is 9.97. The molecular weight excluding hydrogens is 378 g/mol. The van der Waals surface area contributed by atoms with E-state index in [0.29, 0.717) is 25.7 Å². The van der Waals surface area contributed by atoms with E-state index in [1.165, 1.54) is 0 Å². The summed E-state index contributed by atoms with van der Waals surface area (Å²) in [5.41, 5.74) is 2.15. The third-order valence-electron chi connectivity index (χ3n) is 5.62. The van der Waals surface area contributed by atoms with Crippen LogP contribution in [-0.2, 0) is 17.9 Å². The maximum Gasteiger partial charge on any atom is 0.317 e. The first kappa shape index (κ1) is 20.3. The number of carbonyl (C=O) groups is 2. The Hall–Kier alpha value is -3.02. The van der Waals surface area contributed by atoms with E-state index in [-0.39, 0.29) is 17.9 Å². The van der Waals surface area contributed by atoms with Crippen LogP contribution in [0, 0.1) is 5.92 Å². The molecule has 0 radical (unpaired) electrons. The maximum atomic E-state index is 12.6. The highest BCUT2D eigenvalue weighted by molar-refractivity contribution is 5.81. The van der Waals surface area contributed by atoms with E-state index in [2.05, 4.69) is 10.6 Å². The van der Waals surface area contributed by atoms with Crippen LogP contribution in [0.2, 0.25) is 0 Å². The number of carbonyl (C=O) groups excluding carboxylic acids is 2. The van der Waals surface area contributed by atoms with Crippen molar-refractivity contribution < 1.29 is 14.3 Å². The molecule has 6 heteroatoms. The Morgan fingerprint density at radius 3 is 2.47 bits per heavy atom. The number of amides is 3. The summed E-state index contributed by atoms with van der Waals surface area (Å²) in [4.78, 5) is 26.6. The number of ether oxygens (including phenoxy) is 1. The molecule has 2 aromatic rings. The molecule has 0 spiro atoms. The van der Waals surface area contributed by atoms with Crippen molar-refractivity contribution in [3.05, 3.63) is 65.7 Å². The van der Waals surface area contributed by atoms with Crippen molar-refractivity contribution in [2.45, 2.75) is 44.9 Å². The molecule has 0 bridgehead atoms. The van der Waals surface area contributed by atoms with E-state index < -0.39 is 0 Å². The number of nitrogens with one attached hydrogen (secondary N) is 2. The van der Waals surface area contributed by atoms with Gasteiger partial charge < -0.3 is 20.3 Å². The van der Waals surface area contributed by atoms with Crippen molar-refractivity contribution in [3.63, 3.8) is 0 Å². The summed E-state index contributed by atoms with van der Waals surface area (Å²) >= 11 is 0. The molecule has 1 heterocycles. The molecule has 1 saturated heterocycles. The maximum absolute atomic E-state index is 12.6. The molecule has 3 amide bonds. The van der Waals surface area contributed by atoms with Gasteiger partial charge in [0.2, 0.25) is 5.91 Å². The van der Waals surface area contributed by atoms with Crippen molar-refractivity contribution >= 4 is 11.9 Å². The molecule has 2 fully saturated rings. The molecule has 1 unspecified atom stereocenters. The highest BCUT2D eigenvalue weighted by atomic mass is 16.5. The standard InChI is InChI=1S/C24H29N3O3/c28-23(20-7-4-14-27(16-20)24(29)26-21-10-11-21)25-15-18-8-12-22(13-9-18)30-17-19-5-2-1-3-6-19/h1-3,5-6,8-9,12-13,20-21H,4,7,10-11,14-17H2,(H,25,28)(H,26,29). The second kappa shape index (κ2) is 9.65. The van der Waals surface area contributed by atoms with Gasteiger partial charge >= 0.3 is 6.03 Å². The van der Waals surface area contributed by atoms with E-state index in [1.54, 1.807) is 4.90 Å². The van der Waals surface area contributed by atoms with Gasteiger partial charge in [0.15, 0.2) is 0 Å². The second-order valence-corrected chi connectivity index (χ2v) is 8.14. The Kier molecular flexibility index (Phi) is 6.52. The van der Waals surface area contributed by atoms with Gasteiger partial charge in [0.25, 0.3) is 0 Å². The average molecular weight is 408 g/mol. The van der Waals surface area contributed by atoms with Crippen LogP contribution in [0.3, 0.4) is 0 Å². The van der Waals surface area contributed by atoms with Crippen LogP contribution in [0.4, 0.5) is 4.79 Å². The Bertz CT molecular complexity index is 850. The van der Waals surface area contributed by atoms with Crippen molar-refractivity contribution in [2.75, 3.05) is 13.1 Å². The first-order chi connectivity index (χ1) is 14.7. The van der Waals surface area contributed by atoms with Gasteiger partial charge in [-0.05, 0) is 48.9 Å². The van der Waals surface area contributed by atoms with Crippen molar-refractivity contribution in [1.82, 2.24) is 15.5 Å².